The molecule has 4 N–H and O–H groups in total. The minimum absolute atomic E-state index is 0.0227. The Morgan fingerprint density at radius 2 is 1.79 bits per heavy atom. The molecule has 0 spiro atoms. The van der Waals surface area contributed by atoms with Gasteiger partial charge in [-0.25, -0.2) is 13.8 Å². The molecule has 0 saturated carbocycles. The molecule has 0 aliphatic carbocycles. The Labute approximate surface area is 198 Å². The van der Waals surface area contributed by atoms with Crippen molar-refractivity contribution in [3.8, 4) is 0 Å². The number of nitrogens with two attached hydrogens (primary N) is 2. The topological polar surface area (TPSA) is 109 Å². The Balaban J connectivity index is 1.51. The van der Waals surface area contributed by atoms with Crippen molar-refractivity contribution in [2.24, 2.45) is 5.73 Å². The van der Waals surface area contributed by atoms with E-state index in [4.69, 9.17) is 11.5 Å². The quantitative estimate of drug-likeness (QED) is 0.591. The van der Waals surface area contributed by atoms with Gasteiger partial charge >= 0.3 is 0 Å². The maximum absolute atomic E-state index is 15.1. The van der Waals surface area contributed by atoms with Gasteiger partial charge in [0.15, 0.2) is 0 Å². The Morgan fingerprint density at radius 1 is 1.09 bits per heavy atom. The summed E-state index contributed by atoms with van der Waals surface area (Å²) in [6, 6.07) is 7.12. The number of halogens is 2. The second-order valence-corrected chi connectivity index (χ2v) is 9.46. The first kappa shape index (κ1) is 22.1. The van der Waals surface area contributed by atoms with Gasteiger partial charge < -0.3 is 26.2 Å². The van der Waals surface area contributed by atoms with E-state index in [1.807, 2.05) is 12.1 Å². The summed E-state index contributed by atoms with van der Waals surface area (Å²) >= 11 is 1.04. The summed E-state index contributed by atoms with van der Waals surface area (Å²) in [5.74, 6) is -3.78. The number of carbonyl (C=O) groups is 2. The number of pyridine rings is 1. The van der Waals surface area contributed by atoms with Gasteiger partial charge in [0.25, 0.3) is 11.8 Å². The fraction of sp³-hybridized carbons (Fsp3) is 0.261. The first-order valence-electron chi connectivity index (χ1n) is 10.6. The van der Waals surface area contributed by atoms with Crippen LogP contribution in [0.4, 0.5) is 25.8 Å². The van der Waals surface area contributed by atoms with Gasteiger partial charge in [-0.15, -0.1) is 11.3 Å². The molecule has 3 aromatic rings. The number of amides is 2. The molecule has 0 atom stereocenters. The van der Waals surface area contributed by atoms with Crippen molar-refractivity contribution in [2.75, 3.05) is 28.6 Å². The van der Waals surface area contributed by atoms with Gasteiger partial charge in [-0.1, -0.05) is 6.07 Å². The SMILES string of the molecule is CC(=O)N1Cc2ccc(N3C=CN(c4ccnc5sc(C(N)=O)c(N)c45)CC(F)(F)C3)cc2C1. The number of alkyl halides is 2. The Morgan fingerprint density at radius 3 is 2.53 bits per heavy atom. The highest BCUT2D eigenvalue weighted by molar-refractivity contribution is 7.21. The van der Waals surface area contributed by atoms with E-state index in [9.17, 15) is 9.59 Å². The van der Waals surface area contributed by atoms with Crippen LogP contribution in [0.5, 0.6) is 0 Å². The summed E-state index contributed by atoms with van der Waals surface area (Å²) in [5.41, 5.74) is 14.7. The highest BCUT2D eigenvalue weighted by Gasteiger charge is 2.37. The maximum atomic E-state index is 15.1. The molecule has 8 nitrogen and oxygen atoms in total. The Bertz CT molecular complexity index is 1350. The number of benzene rings is 1. The van der Waals surface area contributed by atoms with Crippen LogP contribution in [-0.4, -0.2) is 40.7 Å². The number of fused-ring (bicyclic) bond motifs is 2. The molecule has 2 amide bonds. The summed E-state index contributed by atoms with van der Waals surface area (Å²) in [6.07, 6.45) is 4.67. The van der Waals surface area contributed by atoms with Gasteiger partial charge in [0.1, 0.15) is 9.71 Å². The molecule has 0 radical (unpaired) electrons. The van der Waals surface area contributed by atoms with E-state index in [1.54, 1.807) is 29.4 Å². The van der Waals surface area contributed by atoms with Gasteiger partial charge in [-0.2, -0.15) is 0 Å². The van der Waals surface area contributed by atoms with Crippen molar-refractivity contribution in [1.82, 2.24) is 9.88 Å². The summed E-state index contributed by atoms with van der Waals surface area (Å²) < 4.78 is 30.2. The number of nitrogens with zero attached hydrogens (tertiary/aromatic N) is 4. The Kier molecular flexibility index (Phi) is 5.16. The van der Waals surface area contributed by atoms with E-state index in [0.29, 0.717) is 34.7 Å². The van der Waals surface area contributed by atoms with E-state index in [0.717, 1.165) is 22.5 Å². The molecule has 2 aliphatic rings. The van der Waals surface area contributed by atoms with Crippen LogP contribution in [0, 0.1) is 0 Å². The van der Waals surface area contributed by atoms with Gasteiger partial charge in [-0.05, 0) is 29.3 Å². The average Bonchev–Trinajstić information content (AvgIpc) is 3.31. The number of thiophene rings is 1. The van der Waals surface area contributed by atoms with Crippen molar-refractivity contribution in [3.05, 3.63) is 58.9 Å². The monoisotopic (exact) mass is 484 g/mol. The maximum Gasteiger partial charge on any atom is 0.283 e. The molecule has 1 aromatic carbocycles. The standard InChI is InChI=1S/C23H22F2N6O2S/c1-13(32)31-9-14-2-3-16(8-15(14)10-31)29-6-7-30(12-23(24,25)11-29)17-4-5-28-22-18(17)19(26)20(34-22)21(27)33/h2-8H,9-12,26H2,1H3,(H2,27,33). The zero-order valence-electron chi connectivity index (χ0n) is 18.3. The zero-order valence-corrected chi connectivity index (χ0v) is 19.1. The molecule has 0 saturated heterocycles. The van der Waals surface area contributed by atoms with Crippen molar-refractivity contribution in [3.63, 3.8) is 0 Å². The van der Waals surface area contributed by atoms with E-state index in [2.05, 4.69) is 4.98 Å². The van der Waals surface area contributed by atoms with Crippen molar-refractivity contribution in [2.45, 2.75) is 25.9 Å². The highest BCUT2D eigenvalue weighted by Crippen LogP contribution is 2.40. The Hall–Kier alpha value is -3.73. The average molecular weight is 485 g/mol. The number of hydrogen-bond donors (Lipinski definition) is 2. The minimum atomic E-state index is -3.07. The van der Waals surface area contributed by atoms with Gasteiger partial charge in [0.2, 0.25) is 5.91 Å². The van der Waals surface area contributed by atoms with Crippen LogP contribution in [0.2, 0.25) is 0 Å². The minimum Gasteiger partial charge on any atom is -0.397 e. The van der Waals surface area contributed by atoms with Crippen LogP contribution in [0.1, 0.15) is 27.7 Å². The van der Waals surface area contributed by atoms with E-state index >= 15 is 8.78 Å². The molecule has 34 heavy (non-hydrogen) atoms. The van der Waals surface area contributed by atoms with Crippen molar-refractivity contribution in [1.29, 1.82) is 0 Å². The summed E-state index contributed by atoms with van der Waals surface area (Å²) in [7, 11) is 0. The molecule has 0 bridgehead atoms. The number of rotatable bonds is 3. The number of carbonyl (C=O) groups excluding carboxylic acids is 2. The molecule has 176 valence electrons. The number of anilines is 3. The fourth-order valence-electron chi connectivity index (χ4n) is 4.39. The molecule has 0 unspecified atom stereocenters. The van der Waals surface area contributed by atoms with E-state index in [-0.39, 0.29) is 16.5 Å². The first-order valence-corrected chi connectivity index (χ1v) is 11.4. The third-order valence-electron chi connectivity index (χ3n) is 6.06. The third-order valence-corrected chi connectivity index (χ3v) is 7.19. The van der Waals surface area contributed by atoms with Crippen molar-refractivity contribution < 1.29 is 18.4 Å². The molecular weight excluding hydrogens is 462 g/mol. The normalized spacial score (nSPS) is 17.2. The molecule has 4 heterocycles. The van der Waals surface area contributed by atoms with Gasteiger partial charge in [-0.3, -0.25) is 9.59 Å². The van der Waals surface area contributed by atoms with Crippen molar-refractivity contribution >= 4 is 50.4 Å². The number of primary amides is 1. The lowest BCUT2D eigenvalue weighted by molar-refractivity contribution is -0.129. The molecule has 2 aliphatic heterocycles. The van der Waals surface area contributed by atoms with Crippen LogP contribution < -0.4 is 21.3 Å². The molecule has 5 rings (SSSR count). The van der Waals surface area contributed by atoms with Crippen LogP contribution in [-0.2, 0) is 17.9 Å². The molecule has 0 fully saturated rings. The summed E-state index contributed by atoms with van der Waals surface area (Å²) in [4.78, 5) is 32.9. The molecular formula is C23H22F2N6O2S. The fourth-order valence-corrected chi connectivity index (χ4v) is 5.33. The lowest BCUT2D eigenvalue weighted by Crippen LogP contribution is -2.39. The van der Waals surface area contributed by atoms with E-state index < -0.39 is 24.9 Å². The van der Waals surface area contributed by atoms with Gasteiger partial charge in [0.05, 0.1) is 29.9 Å². The third kappa shape index (κ3) is 3.81. The predicted octanol–water partition coefficient (Wildman–Crippen LogP) is 3.27. The summed E-state index contributed by atoms with van der Waals surface area (Å²) in [6.45, 7) is 1.41. The first-order chi connectivity index (χ1) is 16.1. The lowest BCUT2D eigenvalue weighted by atomic mass is 10.1. The number of aromatic nitrogens is 1. The molecule has 11 heteroatoms. The smallest absolute Gasteiger partial charge is 0.283 e. The van der Waals surface area contributed by atoms with Crippen LogP contribution in [0.25, 0.3) is 10.2 Å². The van der Waals surface area contributed by atoms with E-state index in [1.165, 1.54) is 22.9 Å². The second kappa shape index (κ2) is 7.94. The second-order valence-electron chi connectivity index (χ2n) is 8.46. The zero-order chi connectivity index (χ0) is 24.2. The van der Waals surface area contributed by atoms with Crippen LogP contribution >= 0.6 is 11.3 Å². The number of hydrogen-bond acceptors (Lipinski definition) is 7. The van der Waals surface area contributed by atoms with Gasteiger partial charge in [0, 0.05) is 44.3 Å². The predicted molar refractivity (Wildman–Crippen MR) is 128 cm³/mol. The lowest BCUT2D eigenvalue weighted by Gasteiger charge is -2.26. The highest BCUT2D eigenvalue weighted by atomic mass is 32.1. The van der Waals surface area contributed by atoms with Crippen LogP contribution in [0.15, 0.2) is 42.9 Å². The number of nitrogen functional groups attached to an aromatic ring is 1. The van der Waals surface area contributed by atoms with Crippen LogP contribution in [0.3, 0.4) is 0 Å². The summed E-state index contributed by atoms with van der Waals surface area (Å²) in [5, 5.41) is 0.428. The largest absolute Gasteiger partial charge is 0.397 e. The molecule has 2 aromatic heterocycles.